The van der Waals surface area contributed by atoms with Crippen molar-refractivity contribution >= 4 is 17.4 Å². The molecule has 0 bridgehead atoms. The third kappa shape index (κ3) is 3.12. The molecule has 0 saturated carbocycles. The highest BCUT2D eigenvalue weighted by molar-refractivity contribution is 6.30. The SMILES string of the molecule is CCOc1ccc(C(=O)C2(CCO)Cc3cc(Cl)ccc3O2)cc1. The second-order valence-electron chi connectivity index (χ2n) is 5.79. The molecular weight excluding hydrogens is 328 g/mol. The summed E-state index contributed by atoms with van der Waals surface area (Å²) in [6, 6.07) is 12.3. The van der Waals surface area contributed by atoms with Crippen LogP contribution >= 0.6 is 11.6 Å². The molecule has 0 fully saturated rings. The summed E-state index contributed by atoms with van der Waals surface area (Å²) in [7, 11) is 0. The standard InChI is InChI=1S/C19H19ClO4/c1-2-23-16-6-3-13(4-7-16)18(22)19(9-10-21)12-14-11-15(20)5-8-17(14)24-19/h3-8,11,21H,2,9-10,12H2,1H3. The van der Waals surface area contributed by atoms with Crippen LogP contribution in [0.15, 0.2) is 42.5 Å². The average Bonchev–Trinajstić information content (AvgIpc) is 2.94. The van der Waals surface area contributed by atoms with Gasteiger partial charge in [0.2, 0.25) is 5.78 Å². The first-order valence-corrected chi connectivity index (χ1v) is 8.32. The van der Waals surface area contributed by atoms with E-state index in [0.29, 0.717) is 35.1 Å². The van der Waals surface area contributed by atoms with Crippen LogP contribution < -0.4 is 9.47 Å². The summed E-state index contributed by atoms with van der Waals surface area (Å²) in [5.41, 5.74) is 0.329. The number of hydrogen-bond acceptors (Lipinski definition) is 4. The molecule has 1 unspecified atom stereocenters. The number of benzene rings is 2. The highest BCUT2D eigenvalue weighted by atomic mass is 35.5. The van der Waals surface area contributed by atoms with Crippen molar-refractivity contribution in [3.8, 4) is 11.5 Å². The van der Waals surface area contributed by atoms with Crippen molar-refractivity contribution in [1.82, 2.24) is 0 Å². The Morgan fingerprint density at radius 3 is 2.71 bits per heavy atom. The quantitative estimate of drug-likeness (QED) is 0.811. The fourth-order valence-corrected chi connectivity index (χ4v) is 3.23. The van der Waals surface area contributed by atoms with E-state index < -0.39 is 5.60 Å². The van der Waals surface area contributed by atoms with Crippen LogP contribution in [-0.4, -0.2) is 29.7 Å². The van der Waals surface area contributed by atoms with Gasteiger partial charge in [0.15, 0.2) is 5.60 Å². The third-order valence-corrected chi connectivity index (χ3v) is 4.40. The first-order chi connectivity index (χ1) is 11.6. The first-order valence-electron chi connectivity index (χ1n) is 7.94. The highest BCUT2D eigenvalue weighted by Crippen LogP contribution is 2.40. The van der Waals surface area contributed by atoms with E-state index in [1.807, 2.05) is 13.0 Å². The highest BCUT2D eigenvalue weighted by Gasteiger charge is 2.46. The van der Waals surface area contributed by atoms with Crippen LogP contribution in [0.1, 0.15) is 29.3 Å². The first kappa shape index (κ1) is 16.8. The van der Waals surface area contributed by atoms with E-state index in [1.54, 1.807) is 36.4 Å². The van der Waals surface area contributed by atoms with E-state index in [4.69, 9.17) is 21.1 Å². The second kappa shape index (κ2) is 6.83. The Morgan fingerprint density at radius 2 is 2.04 bits per heavy atom. The van der Waals surface area contributed by atoms with Crippen LogP contribution in [-0.2, 0) is 6.42 Å². The smallest absolute Gasteiger partial charge is 0.206 e. The van der Waals surface area contributed by atoms with Gasteiger partial charge in [-0.1, -0.05) is 11.6 Å². The van der Waals surface area contributed by atoms with Crippen LogP contribution in [0.4, 0.5) is 0 Å². The van der Waals surface area contributed by atoms with Gasteiger partial charge in [-0.3, -0.25) is 4.79 Å². The van der Waals surface area contributed by atoms with E-state index in [-0.39, 0.29) is 18.8 Å². The zero-order valence-corrected chi connectivity index (χ0v) is 14.2. The van der Waals surface area contributed by atoms with Crippen molar-refractivity contribution in [2.75, 3.05) is 13.2 Å². The number of aliphatic hydroxyl groups is 1. The molecule has 1 aliphatic heterocycles. The van der Waals surface area contributed by atoms with Gasteiger partial charge in [0, 0.05) is 35.6 Å². The van der Waals surface area contributed by atoms with Gasteiger partial charge >= 0.3 is 0 Å². The molecular formula is C19H19ClO4. The summed E-state index contributed by atoms with van der Waals surface area (Å²) in [5, 5.41) is 10.1. The topological polar surface area (TPSA) is 55.8 Å². The summed E-state index contributed by atoms with van der Waals surface area (Å²) in [6.45, 7) is 2.34. The molecule has 2 aromatic carbocycles. The Balaban J connectivity index is 1.90. The van der Waals surface area contributed by atoms with Crippen molar-refractivity contribution in [2.45, 2.75) is 25.4 Å². The number of Topliss-reactive ketones (excluding diaryl/α,β-unsaturated/α-hetero) is 1. The molecule has 24 heavy (non-hydrogen) atoms. The van der Waals surface area contributed by atoms with E-state index in [1.165, 1.54) is 0 Å². The Morgan fingerprint density at radius 1 is 1.29 bits per heavy atom. The monoisotopic (exact) mass is 346 g/mol. The lowest BCUT2D eigenvalue weighted by atomic mass is 9.86. The van der Waals surface area contributed by atoms with Crippen molar-refractivity contribution in [2.24, 2.45) is 0 Å². The number of hydrogen-bond donors (Lipinski definition) is 1. The summed E-state index contributed by atoms with van der Waals surface area (Å²) in [4.78, 5) is 13.1. The fraction of sp³-hybridized carbons (Fsp3) is 0.316. The number of fused-ring (bicyclic) bond motifs is 1. The third-order valence-electron chi connectivity index (χ3n) is 4.16. The van der Waals surface area contributed by atoms with Gasteiger partial charge in [0.25, 0.3) is 0 Å². The second-order valence-corrected chi connectivity index (χ2v) is 6.22. The van der Waals surface area contributed by atoms with Crippen LogP contribution in [0, 0.1) is 0 Å². The summed E-state index contributed by atoms with van der Waals surface area (Å²) in [6.07, 6.45) is 0.626. The average molecular weight is 347 g/mol. The fourth-order valence-electron chi connectivity index (χ4n) is 3.03. The van der Waals surface area contributed by atoms with Crippen molar-refractivity contribution < 1.29 is 19.4 Å². The molecule has 0 aromatic heterocycles. The number of rotatable bonds is 6. The van der Waals surface area contributed by atoms with Crippen molar-refractivity contribution in [3.63, 3.8) is 0 Å². The summed E-state index contributed by atoms with van der Waals surface area (Å²) >= 11 is 6.03. The van der Waals surface area contributed by atoms with E-state index >= 15 is 0 Å². The van der Waals surface area contributed by atoms with Gasteiger partial charge in [0.1, 0.15) is 11.5 Å². The maximum absolute atomic E-state index is 13.1. The van der Waals surface area contributed by atoms with E-state index in [2.05, 4.69) is 0 Å². The molecule has 0 amide bonds. The molecule has 4 nitrogen and oxygen atoms in total. The zero-order chi connectivity index (χ0) is 17.2. The predicted molar refractivity (Wildman–Crippen MR) is 92.2 cm³/mol. The molecule has 1 aliphatic rings. The number of carbonyl (C=O) groups is 1. The molecule has 0 radical (unpaired) electrons. The number of halogens is 1. The minimum atomic E-state index is -1.09. The molecule has 0 aliphatic carbocycles. The molecule has 1 heterocycles. The van der Waals surface area contributed by atoms with Gasteiger partial charge in [-0.15, -0.1) is 0 Å². The lowest BCUT2D eigenvalue weighted by Crippen LogP contribution is -2.44. The molecule has 5 heteroatoms. The summed E-state index contributed by atoms with van der Waals surface area (Å²) < 4.78 is 11.4. The Hall–Kier alpha value is -2.04. The lowest BCUT2D eigenvalue weighted by Gasteiger charge is -2.26. The molecule has 126 valence electrons. The van der Waals surface area contributed by atoms with Gasteiger partial charge in [-0.25, -0.2) is 0 Å². The van der Waals surface area contributed by atoms with Crippen molar-refractivity contribution in [1.29, 1.82) is 0 Å². The Labute approximate surface area is 146 Å². The summed E-state index contributed by atoms with van der Waals surface area (Å²) in [5.74, 6) is 1.21. The minimum Gasteiger partial charge on any atom is -0.494 e. The van der Waals surface area contributed by atoms with E-state index in [0.717, 1.165) is 5.56 Å². The van der Waals surface area contributed by atoms with Crippen molar-refractivity contribution in [3.05, 3.63) is 58.6 Å². The van der Waals surface area contributed by atoms with E-state index in [9.17, 15) is 9.90 Å². The number of ether oxygens (including phenoxy) is 2. The van der Waals surface area contributed by atoms with Gasteiger partial charge in [0.05, 0.1) is 6.61 Å². The molecule has 1 N–H and O–H groups in total. The molecule has 3 rings (SSSR count). The molecule has 1 atom stereocenters. The predicted octanol–water partition coefficient (Wildman–Crippen LogP) is 3.68. The zero-order valence-electron chi connectivity index (χ0n) is 13.4. The maximum atomic E-state index is 13.1. The minimum absolute atomic E-state index is 0.134. The van der Waals surface area contributed by atoms with Gasteiger partial charge < -0.3 is 14.6 Å². The molecule has 0 saturated heterocycles. The van der Waals surface area contributed by atoms with Gasteiger partial charge in [-0.05, 0) is 49.4 Å². The number of ketones is 1. The normalized spacial score (nSPS) is 18.8. The van der Waals surface area contributed by atoms with Gasteiger partial charge in [-0.2, -0.15) is 0 Å². The number of carbonyl (C=O) groups excluding carboxylic acids is 1. The molecule has 2 aromatic rings. The maximum Gasteiger partial charge on any atom is 0.206 e. The van der Waals surface area contributed by atoms with Crippen LogP contribution in [0.2, 0.25) is 5.02 Å². The lowest BCUT2D eigenvalue weighted by molar-refractivity contribution is 0.0427. The Bertz CT molecular complexity index is 742. The number of aliphatic hydroxyl groups excluding tert-OH is 1. The Kier molecular flexibility index (Phi) is 4.78. The largest absolute Gasteiger partial charge is 0.494 e. The van der Waals surface area contributed by atoms with Crippen LogP contribution in [0.5, 0.6) is 11.5 Å². The van der Waals surface area contributed by atoms with Crippen LogP contribution in [0.25, 0.3) is 0 Å². The molecule has 0 spiro atoms. The van der Waals surface area contributed by atoms with Crippen LogP contribution in [0.3, 0.4) is 0 Å².